The van der Waals surface area contributed by atoms with E-state index in [1.165, 1.54) is 13.8 Å². The molecule has 1 aromatic rings. The molecule has 0 aromatic carbocycles. The monoisotopic (exact) mass is 387 g/mol. The van der Waals surface area contributed by atoms with Crippen molar-refractivity contribution < 1.29 is 27.6 Å². The smallest absolute Gasteiger partial charge is 0.162 e. The molecule has 0 spiro atoms. The normalized spacial score (nSPS) is 17.4. The molecule has 2 rings (SSSR count). The van der Waals surface area contributed by atoms with Crippen LogP contribution in [0.15, 0.2) is 10.6 Å². The third-order valence-corrected chi connectivity index (χ3v) is 7.90. The predicted octanol–water partition coefficient (Wildman–Crippen LogP) is 1.68. The highest BCUT2D eigenvalue weighted by Crippen LogP contribution is 2.28. The van der Waals surface area contributed by atoms with Gasteiger partial charge in [-0.3, -0.25) is 4.79 Å². The summed E-state index contributed by atoms with van der Waals surface area (Å²) in [5.41, 5.74) is -0.236. The molecule has 0 radical (unpaired) electrons. The Morgan fingerprint density at radius 2 is 1.88 bits per heavy atom. The molecule has 0 unspecified atom stereocenters. The van der Waals surface area contributed by atoms with Crippen LogP contribution in [0.25, 0.3) is 0 Å². The summed E-state index contributed by atoms with van der Waals surface area (Å²) in [7, 11) is -3.61. The third-order valence-electron chi connectivity index (χ3n) is 5.21. The van der Waals surface area contributed by atoms with E-state index in [2.05, 4.69) is 5.16 Å². The number of nitrogens with zero attached hydrogens (tertiary/aromatic N) is 1. The fourth-order valence-corrected chi connectivity index (χ4v) is 4.56. The van der Waals surface area contributed by atoms with Gasteiger partial charge < -0.3 is 14.4 Å². The van der Waals surface area contributed by atoms with E-state index in [9.17, 15) is 18.3 Å². The van der Waals surface area contributed by atoms with Gasteiger partial charge in [0.15, 0.2) is 15.6 Å². The number of sulfone groups is 1. The molecule has 148 valence electrons. The number of carbonyl (C=O) groups is 1. The van der Waals surface area contributed by atoms with Crippen LogP contribution in [0.5, 0.6) is 0 Å². The largest absolute Gasteiger partial charge is 0.395 e. The molecule has 1 aliphatic heterocycles. The molecule has 1 saturated heterocycles. The van der Waals surface area contributed by atoms with Crippen molar-refractivity contribution in [2.45, 2.75) is 57.1 Å². The second-order valence-corrected chi connectivity index (χ2v) is 10.8. The Kier molecular flexibility index (Phi) is 6.30. The van der Waals surface area contributed by atoms with Crippen molar-refractivity contribution in [1.82, 2.24) is 5.16 Å². The average molecular weight is 387 g/mol. The van der Waals surface area contributed by atoms with E-state index in [1.807, 2.05) is 0 Å². The van der Waals surface area contributed by atoms with E-state index < -0.39 is 25.8 Å². The predicted molar refractivity (Wildman–Crippen MR) is 96.7 cm³/mol. The molecular formula is C18H29NO6S. The first-order valence-electron chi connectivity index (χ1n) is 8.90. The van der Waals surface area contributed by atoms with Crippen molar-refractivity contribution in [3.05, 3.63) is 17.5 Å². The van der Waals surface area contributed by atoms with Crippen molar-refractivity contribution >= 4 is 15.6 Å². The SMILES string of the molecule is CC(C)(CO)c1cc(CC(=O)C(C)(C)S(=O)(=O)CC2CCOCC2)no1. The lowest BCUT2D eigenvalue weighted by atomic mass is 9.91. The van der Waals surface area contributed by atoms with E-state index in [0.717, 1.165) is 0 Å². The highest BCUT2D eigenvalue weighted by Gasteiger charge is 2.42. The zero-order chi connectivity index (χ0) is 19.6. The molecule has 26 heavy (non-hydrogen) atoms. The summed E-state index contributed by atoms with van der Waals surface area (Å²) in [5.74, 6) is 0.0817. The van der Waals surface area contributed by atoms with Gasteiger partial charge in [-0.05, 0) is 32.6 Å². The van der Waals surface area contributed by atoms with Gasteiger partial charge in [-0.25, -0.2) is 8.42 Å². The maximum Gasteiger partial charge on any atom is 0.162 e. The molecule has 1 aliphatic rings. The molecule has 1 aromatic heterocycles. The van der Waals surface area contributed by atoms with Crippen LogP contribution in [0.3, 0.4) is 0 Å². The topological polar surface area (TPSA) is 107 Å². The number of hydrogen-bond acceptors (Lipinski definition) is 7. The number of aliphatic hydroxyl groups excluding tert-OH is 1. The Morgan fingerprint density at radius 1 is 1.27 bits per heavy atom. The molecule has 0 bridgehead atoms. The van der Waals surface area contributed by atoms with Crippen molar-refractivity contribution in [2.75, 3.05) is 25.6 Å². The molecule has 0 amide bonds. The summed E-state index contributed by atoms with van der Waals surface area (Å²) in [6.45, 7) is 7.52. The van der Waals surface area contributed by atoms with Gasteiger partial charge in [0.05, 0.1) is 24.5 Å². The Bertz CT molecular complexity index is 729. The van der Waals surface area contributed by atoms with E-state index >= 15 is 0 Å². The number of ketones is 1. The fourth-order valence-electron chi connectivity index (χ4n) is 2.77. The van der Waals surface area contributed by atoms with Crippen molar-refractivity contribution in [2.24, 2.45) is 5.92 Å². The number of aliphatic hydroxyl groups is 1. The minimum atomic E-state index is -3.61. The molecule has 1 N–H and O–H groups in total. The number of hydrogen-bond donors (Lipinski definition) is 1. The second kappa shape index (κ2) is 7.78. The summed E-state index contributed by atoms with van der Waals surface area (Å²) in [6.07, 6.45) is 1.28. The van der Waals surface area contributed by atoms with E-state index in [1.54, 1.807) is 19.9 Å². The first-order chi connectivity index (χ1) is 12.0. The van der Waals surface area contributed by atoms with Crippen LogP contribution >= 0.6 is 0 Å². The summed E-state index contributed by atoms with van der Waals surface area (Å²) in [6, 6.07) is 1.61. The molecular weight excluding hydrogens is 358 g/mol. The summed E-state index contributed by atoms with van der Waals surface area (Å²) in [4.78, 5) is 12.7. The van der Waals surface area contributed by atoms with Gasteiger partial charge in [-0.1, -0.05) is 19.0 Å². The lowest BCUT2D eigenvalue weighted by Gasteiger charge is -2.28. The zero-order valence-corrected chi connectivity index (χ0v) is 16.8. The van der Waals surface area contributed by atoms with E-state index in [0.29, 0.717) is 37.5 Å². The number of Topliss-reactive ketones (excluding diaryl/α,β-unsaturated/α-hetero) is 1. The molecule has 2 heterocycles. The van der Waals surface area contributed by atoms with Gasteiger partial charge in [-0.2, -0.15) is 0 Å². The van der Waals surface area contributed by atoms with E-state index in [-0.39, 0.29) is 24.7 Å². The Labute approximate surface area is 155 Å². The molecule has 8 heteroatoms. The summed E-state index contributed by atoms with van der Waals surface area (Å²) >= 11 is 0. The van der Waals surface area contributed by atoms with Crippen LogP contribution in [0, 0.1) is 5.92 Å². The molecule has 0 saturated carbocycles. The zero-order valence-electron chi connectivity index (χ0n) is 15.9. The molecule has 7 nitrogen and oxygen atoms in total. The lowest BCUT2D eigenvalue weighted by molar-refractivity contribution is -0.120. The highest BCUT2D eigenvalue weighted by molar-refractivity contribution is 7.93. The first-order valence-corrected chi connectivity index (χ1v) is 10.5. The van der Waals surface area contributed by atoms with Gasteiger partial charge in [0.25, 0.3) is 0 Å². The lowest BCUT2D eigenvalue weighted by Crippen LogP contribution is -2.44. The molecule has 1 fully saturated rings. The first kappa shape index (κ1) is 21.1. The standard InChI is InChI=1S/C18H29NO6S/c1-17(2,12-20)16-10-14(19-25-16)9-15(21)18(3,4)26(22,23)11-13-5-7-24-8-6-13/h10,13,20H,5-9,11-12H2,1-4H3. The van der Waals surface area contributed by atoms with Gasteiger partial charge in [0.2, 0.25) is 0 Å². The number of rotatable bonds is 8. The fraction of sp³-hybridized carbons (Fsp3) is 0.778. The molecule has 0 atom stereocenters. The summed E-state index contributed by atoms with van der Waals surface area (Å²) < 4.78 is 34.6. The number of carbonyl (C=O) groups excluding carboxylic acids is 1. The minimum Gasteiger partial charge on any atom is -0.395 e. The van der Waals surface area contributed by atoms with Crippen LogP contribution in [-0.4, -0.2) is 54.8 Å². The van der Waals surface area contributed by atoms with Crippen LogP contribution in [0.4, 0.5) is 0 Å². The van der Waals surface area contributed by atoms with Gasteiger partial charge in [0.1, 0.15) is 10.5 Å². The average Bonchev–Trinajstić information content (AvgIpc) is 3.04. The maximum atomic E-state index is 12.8. The van der Waals surface area contributed by atoms with Crippen molar-refractivity contribution in [3.63, 3.8) is 0 Å². The minimum absolute atomic E-state index is 0.00326. The third kappa shape index (κ3) is 4.53. The van der Waals surface area contributed by atoms with Crippen LogP contribution in [0.2, 0.25) is 0 Å². The molecule has 0 aliphatic carbocycles. The highest BCUT2D eigenvalue weighted by atomic mass is 32.2. The van der Waals surface area contributed by atoms with Crippen molar-refractivity contribution in [1.29, 1.82) is 0 Å². The Hall–Kier alpha value is -1.25. The number of aromatic nitrogens is 1. The van der Waals surface area contributed by atoms with Gasteiger partial charge >= 0.3 is 0 Å². The Morgan fingerprint density at radius 3 is 2.46 bits per heavy atom. The second-order valence-electron chi connectivity index (χ2n) is 8.17. The van der Waals surface area contributed by atoms with Crippen LogP contribution in [0.1, 0.15) is 52.0 Å². The summed E-state index contributed by atoms with van der Waals surface area (Å²) in [5, 5.41) is 13.3. The Balaban J connectivity index is 2.09. The quantitative estimate of drug-likeness (QED) is 0.723. The van der Waals surface area contributed by atoms with Gasteiger partial charge in [0, 0.05) is 24.7 Å². The van der Waals surface area contributed by atoms with E-state index in [4.69, 9.17) is 9.26 Å². The van der Waals surface area contributed by atoms with Gasteiger partial charge in [-0.15, -0.1) is 0 Å². The number of ether oxygens (including phenoxy) is 1. The van der Waals surface area contributed by atoms with Crippen molar-refractivity contribution in [3.8, 4) is 0 Å². The van der Waals surface area contributed by atoms with Crippen LogP contribution in [-0.2, 0) is 31.2 Å². The van der Waals surface area contributed by atoms with Crippen LogP contribution < -0.4 is 0 Å². The maximum absolute atomic E-state index is 12.8.